The minimum atomic E-state index is -1.78. The average molecular weight is 551 g/mol. The Morgan fingerprint density at radius 1 is 1.05 bits per heavy atom. The highest BCUT2D eigenvalue weighted by molar-refractivity contribution is 5.89. The van der Waals surface area contributed by atoms with Crippen molar-refractivity contribution < 1.29 is 63.6 Å². The molecule has 13 nitrogen and oxygen atoms in total. The van der Waals surface area contributed by atoms with Crippen molar-refractivity contribution in [3.63, 3.8) is 0 Å². The number of carboxylic acid groups (broad SMARTS) is 1. The monoisotopic (exact) mass is 550 g/mol. The van der Waals surface area contributed by atoms with Gasteiger partial charge in [-0.1, -0.05) is 30.3 Å². The van der Waals surface area contributed by atoms with Gasteiger partial charge in [0.05, 0.1) is 32.0 Å². The third kappa shape index (κ3) is 7.72. The number of aliphatic hydroxyl groups excluding tert-OH is 4. The van der Waals surface area contributed by atoms with Crippen molar-refractivity contribution in [2.75, 3.05) is 20.3 Å². The first kappa shape index (κ1) is 30.0. The van der Waals surface area contributed by atoms with Crippen LogP contribution in [-0.4, -0.2) is 101 Å². The molecule has 0 aliphatic carbocycles. The van der Waals surface area contributed by atoms with Gasteiger partial charge in [-0.05, 0) is 17.7 Å². The highest BCUT2D eigenvalue weighted by Gasteiger charge is 2.46. The number of ether oxygens (including phenoxy) is 5. The van der Waals surface area contributed by atoms with Gasteiger partial charge < -0.3 is 49.2 Å². The fourth-order valence-corrected chi connectivity index (χ4v) is 3.96. The van der Waals surface area contributed by atoms with Gasteiger partial charge in [-0.3, -0.25) is 4.79 Å². The minimum absolute atomic E-state index is 0.0251. The van der Waals surface area contributed by atoms with Crippen molar-refractivity contribution in [1.82, 2.24) is 0 Å². The zero-order chi connectivity index (χ0) is 28.5. The molecule has 212 valence electrons. The van der Waals surface area contributed by atoms with E-state index in [1.807, 2.05) is 6.07 Å². The molecule has 2 heterocycles. The van der Waals surface area contributed by atoms with Gasteiger partial charge in [-0.2, -0.15) is 0 Å². The lowest BCUT2D eigenvalue weighted by Crippen LogP contribution is -2.60. The number of carbonyl (C=O) groups is 3. The van der Waals surface area contributed by atoms with E-state index in [1.54, 1.807) is 24.3 Å². The Labute approximate surface area is 223 Å². The number of esters is 2. The number of carbonyl (C=O) groups excluding carboxylic acids is 2. The van der Waals surface area contributed by atoms with Crippen LogP contribution >= 0.6 is 0 Å². The van der Waals surface area contributed by atoms with Crippen molar-refractivity contribution in [3.05, 3.63) is 65.5 Å². The van der Waals surface area contributed by atoms with E-state index in [2.05, 4.69) is 4.74 Å². The minimum Gasteiger partial charge on any atom is -0.478 e. The molecule has 1 fully saturated rings. The zero-order valence-corrected chi connectivity index (χ0v) is 20.9. The molecule has 0 aromatic heterocycles. The third-order valence-corrected chi connectivity index (χ3v) is 6.08. The zero-order valence-electron chi connectivity index (χ0n) is 20.9. The van der Waals surface area contributed by atoms with Crippen LogP contribution in [0.2, 0.25) is 0 Å². The SMILES string of the molecule is COC(=O)C[C@@H]1C(C(=O)O)=CO[C@@H](O[C@@H]2O[C@H](CO)[C@@H](O)[C@H](O)[C@H]2O)/C1=C\COC(=O)/C=C/c1ccccc1. The molecule has 0 amide bonds. The van der Waals surface area contributed by atoms with E-state index in [0.29, 0.717) is 0 Å². The summed E-state index contributed by atoms with van der Waals surface area (Å²) in [6, 6.07) is 8.97. The van der Waals surface area contributed by atoms with Crippen molar-refractivity contribution in [1.29, 1.82) is 0 Å². The summed E-state index contributed by atoms with van der Waals surface area (Å²) in [6.07, 6.45) is -5.13. The molecule has 7 atom stereocenters. The van der Waals surface area contributed by atoms with Crippen LogP contribution in [0.5, 0.6) is 0 Å². The molecule has 1 saturated heterocycles. The molecule has 3 rings (SSSR count). The van der Waals surface area contributed by atoms with Crippen LogP contribution in [0.3, 0.4) is 0 Å². The topological polar surface area (TPSA) is 199 Å². The van der Waals surface area contributed by atoms with Gasteiger partial charge in [-0.15, -0.1) is 0 Å². The van der Waals surface area contributed by atoms with E-state index in [4.69, 9.17) is 18.9 Å². The number of aliphatic carboxylic acids is 1. The second kappa shape index (κ2) is 14.0. The molecule has 2 aliphatic rings. The Kier molecular flexibility index (Phi) is 10.7. The summed E-state index contributed by atoms with van der Waals surface area (Å²) >= 11 is 0. The molecule has 0 radical (unpaired) electrons. The maximum absolute atomic E-state index is 12.2. The number of hydrogen-bond acceptors (Lipinski definition) is 12. The van der Waals surface area contributed by atoms with Gasteiger partial charge in [0.25, 0.3) is 0 Å². The normalized spacial score (nSPS) is 29.9. The summed E-state index contributed by atoms with van der Waals surface area (Å²) in [5.41, 5.74) is 0.462. The summed E-state index contributed by atoms with van der Waals surface area (Å²) in [5, 5.41) is 49.5. The highest BCUT2D eigenvalue weighted by atomic mass is 16.8. The number of rotatable bonds is 10. The van der Waals surface area contributed by atoms with E-state index in [9.17, 15) is 39.9 Å². The summed E-state index contributed by atoms with van der Waals surface area (Å²) < 4.78 is 26.3. The Morgan fingerprint density at radius 2 is 1.77 bits per heavy atom. The first-order valence-electron chi connectivity index (χ1n) is 11.9. The third-order valence-electron chi connectivity index (χ3n) is 6.08. The summed E-state index contributed by atoms with van der Waals surface area (Å²) in [6.45, 7) is -1.09. The van der Waals surface area contributed by atoms with E-state index in [-0.39, 0.29) is 17.8 Å². The maximum atomic E-state index is 12.2. The van der Waals surface area contributed by atoms with Gasteiger partial charge in [0.15, 0.2) is 6.29 Å². The summed E-state index contributed by atoms with van der Waals surface area (Å²) in [7, 11) is 1.12. The van der Waals surface area contributed by atoms with E-state index < -0.39 is 73.8 Å². The standard InChI is InChI=1S/C26H30O13/c1-35-20(29)11-16-15(9-10-36-19(28)8-7-14-5-3-2-4-6-14)25(37-13-17(16)24(33)34)39-26-23(32)22(31)21(30)18(12-27)38-26/h2-9,13,16,18,21-23,25-27,30-32H,10-12H2,1H3,(H,33,34)/b8-7+,15-9-/t16-,18+,21+,22-,23+,25-,26-/m0/s1. The number of benzene rings is 1. The number of hydrogen-bond donors (Lipinski definition) is 5. The number of aliphatic hydroxyl groups is 4. The van der Waals surface area contributed by atoms with E-state index >= 15 is 0 Å². The van der Waals surface area contributed by atoms with Gasteiger partial charge in [0, 0.05) is 17.6 Å². The summed E-state index contributed by atoms with van der Waals surface area (Å²) in [4.78, 5) is 36.2. The molecule has 5 N–H and O–H groups in total. The van der Waals surface area contributed by atoms with Crippen molar-refractivity contribution in [2.45, 2.75) is 43.4 Å². The lowest BCUT2D eigenvalue weighted by molar-refractivity contribution is -0.327. The highest BCUT2D eigenvalue weighted by Crippen LogP contribution is 2.35. The number of methoxy groups -OCH3 is 1. The molecule has 39 heavy (non-hydrogen) atoms. The fraction of sp³-hybridized carbons (Fsp3) is 0.423. The van der Waals surface area contributed by atoms with Crippen molar-refractivity contribution in [3.8, 4) is 0 Å². The van der Waals surface area contributed by atoms with Crippen molar-refractivity contribution >= 4 is 24.0 Å². The molecule has 0 saturated carbocycles. The second-order valence-corrected chi connectivity index (χ2v) is 8.59. The largest absolute Gasteiger partial charge is 0.478 e. The molecule has 0 unspecified atom stereocenters. The first-order chi connectivity index (χ1) is 18.7. The molecular formula is C26H30O13. The predicted octanol–water partition coefficient (Wildman–Crippen LogP) is -0.510. The molecule has 13 heteroatoms. The van der Waals surface area contributed by atoms with E-state index in [0.717, 1.165) is 18.9 Å². The lowest BCUT2D eigenvalue weighted by atomic mass is 9.86. The van der Waals surface area contributed by atoms with Gasteiger partial charge in [-0.25, -0.2) is 9.59 Å². The Balaban J connectivity index is 1.84. The molecule has 1 aromatic carbocycles. The predicted molar refractivity (Wildman–Crippen MR) is 130 cm³/mol. The van der Waals surface area contributed by atoms with Crippen LogP contribution in [0.1, 0.15) is 12.0 Å². The average Bonchev–Trinajstić information content (AvgIpc) is 2.93. The van der Waals surface area contributed by atoms with Crippen LogP contribution in [0, 0.1) is 5.92 Å². The maximum Gasteiger partial charge on any atom is 0.335 e. The van der Waals surface area contributed by atoms with E-state index in [1.165, 1.54) is 18.2 Å². The van der Waals surface area contributed by atoms with Gasteiger partial charge in [0.2, 0.25) is 6.29 Å². The molecular weight excluding hydrogens is 520 g/mol. The van der Waals surface area contributed by atoms with Gasteiger partial charge in [0.1, 0.15) is 31.0 Å². The van der Waals surface area contributed by atoms with Crippen LogP contribution in [0.4, 0.5) is 0 Å². The quantitative estimate of drug-likeness (QED) is 0.142. The molecule has 2 aliphatic heterocycles. The van der Waals surface area contributed by atoms with Crippen LogP contribution < -0.4 is 0 Å². The first-order valence-corrected chi connectivity index (χ1v) is 11.9. The lowest BCUT2D eigenvalue weighted by Gasteiger charge is -2.41. The van der Waals surface area contributed by atoms with Crippen LogP contribution in [0.25, 0.3) is 6.08 Å². The van der Waals surface area contributed by atoms with Crippen molar-refractivity contribution in [2.24, 2.45) is 5.92 Å². The van der Waals surface area contributed by atoms with Crippen LogP contribution in [0.15, 0.2) is 59.9 Å². The fourth-order valence-electron chi connectivity index (χ4n) is 3.96. The Bertz CT molecular complexity index is 1090. The summed E-state index contributed by atoms with van der Waals surface area (Å²) in [5.74, 6) is -4.02. The molecule has 1 aromatic rings. The Morgan fingerprint density at radius 3 is 2.41 bits per heavy atom. The smallest absolute Gasteiger partial charge is 0.335 e. The molecule has 0 spiro atoms. The molecule has 0 bridgehead atoms. The van der Waals surface area contributed by atoms with Crippen LogP contribution in [-0.2, 0) is 38.1 Å². The van der Waals surface area contributed by atoms with Gasteiger partial charge >= 0.3 is 17.9 Å². The number of carboxylic acids is 1. The second-order valence-electron chi connectivity index (χ2n) is 8.59. The Hall–Kier alpha value is -3.59.